The number of oxazole rings is 1. The quantitative estimate of drug-likeness (QED) is 0.572. The number of amides is 1. The number of nitrogens with one attached hydrogen (secondary N) is 1. The fourth-order valence-electron chi connectivity index (χ4n) is 2.63. The average Bonchev–Trinajstić information content (AvgIpc) is 3.14. The average molecular weight is 415 g/mol. The van der Waals surface area contributed by atoms with Crippen molar-refractivity contribution < 1.29 is 27.9 Å². The van der Waals surface area contributed by atoms with Crippen LogP contribution in [0.15, 0.2) is 34.9 Å². The molecule has 30 heavy (non-hydrogen) atoms. The Morgan fingerprint density at radius 3 is 2.77 bits per heavy atom. The molecule has 0 spiro atoms. The minimum atomic E-state index is -0.618. The van der Waals surface area contributed by atoms with Crippen molar-refractivity contribution in [2.24, 2.45) is 0 Å². The Morgan fingerprint density at radius 2 is 2.07 bits per heavy atom. The van der Waals surface area contributed by atoms with E-state index in [1.165, 1.54) is 25.3 Å². The van der Waals surface area contributed by atoms with Crippen molar-refractivity contribution >= 4 is 22.8 Å². The number of hydrogen-bond donors (Lipinski definition) is 1. The predicted molar refractivity (Wildman–Crippen MR) is 107 cm³/mol. The number of carbonyl (C=O) groups excluding carboxylic acids is 2. The molecule has 0 saturated heterocycles. The lowest BCUT2D eigenvalue weighted by Gasteiger charge is -2.12. The molecule has 2 heterocycles. The molecule has 9 heteroatoms. The van der Waals surface area contributed by atoms with Gasteiger partial charge in [0.25, 0.3) is 0 Å². The van der Waals surface area contributed by atoms with Crippen molar-refractivity contribution in [2.45, 2.75) is 33.2 Å². The zero-order valence-electron chi connectivity index (χ0n) is 16.9. The maximum absolute atomic E-state index is 14.3. The Bertz CT molecular complexity index is 1070. The Labute approximate surface area is 172 Å². The molecule has 8 nitrogen and oxygen atoms in total. The molecule has 0 aliphatic carbocycles. The normalized spacial score (nSPS) is 11.9. The van der Waals surface area contributed by atoms with Gasteiger partial charge in [-0.1, -0.05) is 6.92 Å². The maximum Gasteiger partial charge on any atom is 0.227 e. The number of aromatic nitrogens is 2. The van der Waals surface area contributed by atoms with E-state index >= 15 is 0 Å². The molecule has 0 aliphatic heterocycles. The highest BCUT2D eigenvalue weighted by molar-refractivity contribution is 5.79. The lowest BCUT2D eigenvalue weighted by molar-refractivity contribution is -0.121. The van der Waals surface area contributed by atoms with Crippen LogP contribution in [0, 0.1) is 5.82 Å². The van der Waals surface area contributed by atoms with Crippen LogP contribution >= 0.6 is 0 Å². The van der Waals surface area contributed by atoms with Crippen LogP contribution in [0.25, 0.3) is 22.6 Å². The molecule has 0 radical (unpaired) electrons. The third-order valence-corrected chi connectivity index (χ3v) is 4.14. The molecular weight excluding hydrogens is 393 g/mol. The molecular formula is C21H22FN3O5. The smallest absolute Gasteiger partial charge is 0.227 e. The van der Waals surface area contributed by atoms with Crippen LogP contribution < -0.4 is 14.8 Å². The summed E-state index contributed by atoms with van der Waals surface area (Å²) in [6.45, 7) is 5.03. The Kier molecular flexibility index (Phi) is 6.61. The van der Waals surface area contributed by atoms with Crippen molar-refractivity contribution in [3.05, 3.63) is 36.3 Å². The van der Waals surface area contributed by atoms with Crippen LogP contribution in [-0.4, -0.2) is 40.9 Å². The summed E-state index contributed by atoms with van der Waals surface area (Å²) in [5, 5.41) is 2.71. The number of nitrogens with zero attached hydrogens (tertiary/aromatic N) is 2. The summed E-state index contributed by atoms with van der Waals surface area (Å²) in [5.41, 5.74) is 1.33. The van der Waals surface area contributed by atoms with Crippen LogP contribution in [0.2, 0.25) is 0 Å². The Morgan fingerprint density at radius 1 is 1.27 bits per heavy atom. The zero-order chi connectivity index (χ0) is 21.7. The Balaban J connectivity index is 1.73. The number of benzene rings is 1. The lowest BCUT2D eigenvalue weighted by atomic mass is 10.2. The SMILES string of the molecule is CCC(=O)COc1ccc(-c2nc3cnc(OC[C@H](C)NC(C)=O)cc3o2)cc1F. The van der Waals surface area contributed by atoms with Gasteiger partial charge in [-0.25, -0.2) is 14.4 Å². The van der Waals surface area contributed by atoms with Gasteiger partial charge in [0.05, 0.1) is 12.2 Å². The molecule has 1 amide bonds. The molecule has 0 bridgehead atoms. The van der Waals surface area contributed by atoms with Gasteiger partial charge < -0.3 is 19.2 Å². The summed E-state index contributed by atoms with van der Waals surface area (Å²) < 4.78 is 30.8. The number of halogens is 1. The van der Waals surface area contributed by atoms with Gasteiger partial charge in [-0.15, -0.1) is 0 Å². The first-order valence-corrected chi connectivity index (χ1v) is 9.46. The van der Waals surface area contributed by atoms with Crippen LogP contribution in [-0.2, 0) is 9.59 Å². The lowest BCUT2D eigenvalue weighted by Crippen LogP contribution is -2.35. The molecule has 3 rings (SSSR count). The van der Waals surface area contributed by atoms with Gasteiger partial charge in [0.1, 0.15) is 18.7 Å². The fourth-order valence-corrected chi connectivity index (χ4v) is 2.63. The van der Waals surface area contributed by atoms with E-state index in [0.29, 0.717) is 29.0 Å². The first-order valence-electron chi connectivity index (χ1n) is 9.46. The van der Waals surface area contributed by atoms with Crippen molar-refractivity contribution in [1.29, 1.82) is 0 Å². The summed E-state index contributed by atoms with van der Waals surface area (Å²) in [7, 11) is 0. The van der Waals surface area contributed by atoms with Gasteiger partial charge in [-0.05, 0) is 25.1 Å². The van der Waals surface area contributed by atoms with Gasteiger partial charge >= 0.3 is 0 Å². The van der Waals surface area contributed by atoms with Gasteiger partial charge in [0.15, 0.2) is 22.9 Å². The minimum absolute atomic E-state index is 0.0118. The number of ether oxygens (including phenoxy) is 2. The third-order valence-electron chi connectivity index (χ3n) is 4.14. The highest BCUT2D eigenvalue weighted by atomic mass is 19.1. The largest absolute Gasteiger partial charge is 0.483 e. The van der Waals surface area contributed by atoms with Gasteiger partial charge in [-0.2, -0.15) is 0 Å². The standard InChI is InChI=1S/C21H22FN3O5/c1-4-15(27)11-28-18-6-5-14(7-16(18)22)21-25-17-9-23-20(8-19(17)30-21)29-10-12(2)24-13(3)26/h5-9,12H,4,10-11H2,1-3H3,(H,24,26)/t12-/m0/s1. The van der Waals surface area contributed by atoms with Gasteiger partial charge in [0.2, 0.25) is 17.7 Å². The van der Waals surface area contributed by atoms with E-state index in [9.17, 15) is 14.0 Å². The van der Waals surface area contributed by atoms with E-state index in [0.717, 1.165) is 0 Å². The van der Waals surface area contributed by atoms with Gasteiger partial charge in [-0.3, -0.25) is 9.59 Å². The van der Waals surface area contributed by atoms with E-state index in [-0.39, 0.29) is 42.6 Å². The third kappa shape index (κ3) is 5.31. The molecule has 1 aromatic carbocycles. The molecule has 2 aromatic heterocycles. The second-order valence-corrected chi connectivity index (χ2v) is 6.75. The molecule has 1 N–H and O–H groups in total. The van der Waals surface area contributed by atoms with Crippen molar-refractivity contribution in [3.8, 4) is 23.1 Å². The first kappa shape index (κ1) is 21.2. The molecule has 158 valence electrons. The second kappa shape index (κ2) is 9.34. The molecule has 3 aromatic rings. The number of rotatable bonds is 9. The number of Topliss-reactive ketones (excluding diaryl/α,β-unsaturated/α-hetero) is 1. The summed E-state index contributed by atoms with van der Waals surface area (Å²) >= 11 is 0. The van der Waals surface area contributed by atoms with Crippen LogP contribution in [0.4, 0.5) is 4.39 Å². The van der Waals surface area contributed by atoms with Crippen molar-refractivity contribution in [3.63, 3.8) is 0 Å². The number of ketones is 1. The monoisotopic (exact) mass is 415 g/mol. The predicted octanol–water partition coefficient (Wildman–Crippen LogP) is 3.29. The highest BCUT2D eigenvalue weighted by Crippen LogP contribution is 2.29. The molecule has 0 fully saturated rings. The highest BCUT2D eigenvalue weighted by Gasteiger charge is 2.14. The minimum Gasteiger partial charge on any atom is -0.483 e. The number of fused-ring (bicyclic) bond motifs is 1. The summed E-state index contributed by atoms with van der Waals surface area (Å²) in [5.74, 6) is -0.358. The molecule has 0 unspecified atom stereocenters. The number of pyridine rings is 1. The van der Waals surface area contributed by atoms with E-state index < -0.39 is 5.82 Å². The molecule has 0 aliphatic rings. The number of carbonyl (C=O) groups is 2. The fraction of sp³-hybridized carbons (Fsp3) is 0.333. The van der Waals surface area contributed by atoms with Crippen LogP contribution in [0.1, 0.15) is 27.2 Å². The summed E-state index contributed by atoms with van der Waals surface area (Å²) in [6.07, 6.45) is 1.82. The first-order chi connectivity index (χ1) is 14.4. The van der Waals surface area contributed by atoms with Crippen molar-refractivity contribution in [1.82, 2.24) is 15.3 Å². The topological polar surface area (TPSA) is 104 Å². The van der Waals surface area contributed by atoms with Gasteiger partial charge in [0, 0.05) is 25.0 Å². The van der Waals surface area contributed by atoms with E-state index in [2.05, 4.69) is 15.3 Å². The molecule has 0 saturated carbocycles. The van der Waals surface area contributed by atoms with E-state index in [4.69, 9.17) is 13.9 Å². The zero-order valence-corrected chi connectivity index (χ0v) is 16.9. The summed E-state index contributed by atoms with van der Waals surface area (Å²) in [6, 6.07) is 5.66. The number of hydrogen-bond acceptors (Lipinski definition) is 7. The van der Waals surface area contributed by atoms with E-state index in [1.807, 2.05) is 6.92 Å². The Hall–Kier alpha value is -3.49. The van der Waals surface area contributed by atoms with Crippen LogP contribution in [0.5, 0.6) is 11.6 Å². The van der Waals surface area contributed by atoms with E-state index in [1.54, 1.807) is 19.1 Å². The van der Waals surface area contributed by atoms with Crippen LogP contribution in [0.3, 0.4) is 0 Å². The van der Waals surface area contributed by atoms with Crippen molar-refractivity contribution in [2.75, 3.05) is 13.2 Å². The summed E-state index contributed by atoms with van der Waals surface area (Å²) in [4.78, 5) is 30.9. The molecule has 1 atom stereocenters. The second-order valence-electron chi connectivity index (χ2n) is 6.75. The maximum atomic E-state index is 14.3.